The Morgan fingerprint density at radius 2 is 2.23 bits per heavy atom. The molecule has 1 aliphatic heterocycles. The van der Waals surface area contributed by atoms with Crippen molar-refractivity contribution in [3.8, 4) is 0 Å². The molecule has 0 N–H and O–H groups in total. The summed E-state index contributed by atoms with van der Waals surface area (Å²) in [5.74, 6) is 0.0815. The van der Waals surface area contributed by atoms with Gasteiger partial charge in [0.15, 0.2) is 5.78 Å². The minimum atomic E-state index is -0.214. The predicted molar refractivity (Wildman–Crippen MR) is 49.7 cm³/mol. The third kappa shape index (κ3) is 3.44. The van der Waals surface area contributed by atoms with Crippen molar-refractivity contribution in [3.05, 3.63) is 0 Å². The van der Waals surface area contributed by atoms with E-state index in [1.807, 2.05) is 20.8 Å². The Morgan fingerprint density at radius 1 is 1.54 bits per heavy atom. The van der Waals surface area contributed by atoms with Crippen LogP contribution >= 0.6 is 0 Å². The fraction of sp³-hybridized carbons (Fsp3) is 0.900. The van der Waals surface area contributed by atoms with E-state index in [4.69, 9.17) is 9.47 Å². The summed E-state index contributed by atoms with van der Waals surface area (Å²) in [5, 5.41) is 0. The van der Waals surface area contributed by atoms with Crippen LogP contribution in [-0.4, -0.2) is 30.7 Å². The smallest absolute Gasteiger partial charge is 0.187 e. The van der Waals surface area contributed by atoms with Gasteiger partial charge < -0.3 is 9.47 Å². The Bertz CT molecular complexity index is 177. The van der Waals surface area contributed by atoms with E-state index in [9.17, 15) is 4.79 Å². The van der Waals surface area contributed by atoms with Gasteiger partial charge in [-0.1, -0.05) is 0 Å². The Morgan fingerprint density at radius 3 is 2.69 bits per heavy atom. The maximum Gasteiger partial charge on any atom is 0.187 e. The molecule has 1 aliphatic rings. The first kappa shape index (κ1) is 10.7. The normalized spacial score (nSPS) is 28.3. The van der Waals surface area contributed by atoms with Crippen molar-refractivity contribution in [2.75, 3.05) is 6.61 Å². The van der Waals surface area contributed by atoms with Gasteiger partial charge in [-0.05, 0) is 33.6 Å². The highest BCUT2D eigenvalue weighted by atomic mass is 16.5. The topological polar surface area (TPSA) is 35.5 Å². The standard InChI is InChI=1S/C10H18O3/c1-7(2)12-6-9(11)10-5-4-8(3)13-10/h7-8,10H,4-6H2,1-3H3. The van der Waals surface area contributed by atoms with Crippen LogP contribution in [0, 0.1) is 0 Å². The molecule has 1 fully saturated rings. The van der Waals surface area contributed by atoms with Crippen LogP contribution in [0.25, 0.3) is 0 Å². The first-order valence-electron chi connectivity index (χ1n) is 4.89. The number of hydrogen-bond donors (Lipinski definition) is 0. The molecule has 1 heterocycles. The zero-order chi connectivity index (χ0) is 9.84. The van der Waals surface area contributed by atoms with Crippen LogP contribution in [0.15, 0.2) is 0 Å². The van der Waals surface area contributed by atoms with Gasteiger partial charge in [0.1, 0.15) is 12.7 Å². The molecule has 0 spiro atoms. The molecule has 0 saturated carbocycles. The molecule has 0 aromatic rings. The number of carbonyl (C=O) groups is 1. The molecule has 0 aromatic heterocycles. The lowest BCUT2D eigenvalue weighted by Crippen LogP contribution is -2.26. The number of ether oxygens (including phenoxy) is 2. The third-order valence-corrected chi connectivity index (χ3v) is 2.15. The average molecular weight is 186 g/mol. The second kappa shape index (κ2) is 4.72. The van der Waals surface area contributed by atoms with E-state index in [1.165, 1.54) is 0 Å². The molecule has 0 bridgehead atoms. The van der Waals surface area contributed by atoms with Crippen LogP contribution in [0.4, 0.5) is 0 Å². The maximum absolute atomic E-state index is 11.4. The van der Waals surface area contributed by atoms with Crippen molar-refractivity contribution in [2.45, 2.75) is 51.9 Å². The molecular formula is C10H18O3. The molecule has 1 saturated heterocycles. The van der Waals surface area contributed by atoms with Crippen LogP contribution in [-0.2, 0) is 14.3 Å². The molecule has 0 radical (unpaired) electrons. The molecule has 1 rings (SSSR count). The Kier molecular flexibility index (Phi) is 3.88. The summed E-state index contributed by atoms with van der Waals surface area (Å²) >= 11 is 0. The maximum atomic E-state index is 11.4. The zero-order valence-corrected chi connectivity index (χ0v) is 8.58. The summed E-state index contributed by atoms with van der Waals surface area (Å²) in [6.45, 7) is 6.03. The predicted octanol–water partition coefficient (Wildman–Crippen LogP) is 1.55. The van der Waals surface area contributed by atoms with Crippen molar-refractivity contribution in [2.24, 2.45) is 0 Å². The molecule has 0 amide bonds. The number of Topliss-reactive ketones (excluding diaryl/α,β-unsaturated/α-hetero) is 1. The first-order valence-corrected chi connectivity index (χ1v) is 4.89. The Labute approximate surface area is 79.4 Å². The van der Waals surface area contributed by atoms with Crippen molar-refractivity contribution in [3.63, 3.8) is 0 Å². The summed E-state index contributed by atoms with van der Waals surface area (Å²) in [4.78, 5) is 11.4. The summed E-state index contributed by atoms with van der Waals surface area (Å²) in [6, 6.07) is 0. The third-order valence-electron chi connectivity index (χ3n) is 2.15. The summed E-state index contributed by atoms with van der Waals surface area (Å²) < 4.78 is 10.6. The van der Waals surface area contributed by atoms with Crippen LogP contribution in [0.5, 0.6) is 0 Å². The fourth-order valence-corrected chi connectivity index (χ4v) is 1.38. The average Bonchev–Trinajstić information content (AvgIpc) is 2.47. The second-order valence-electron chi connectivity index (χ2n) is 3.84. The number of rotatable bonds is 4. The van der Waals surface area contributed by atoms with Crippen molar-refractivity contribution >= 4 is 5.78 Å². The summed E-state index contributed by atoms with van der Waals surface area (Å²) in [6.07, 6.45) is 1.96. The SMILES string of the molecule is CC(C)OCC(=O)C1CCC(C)O1. The molecule has 13 heavy (non-hydrogen) atoms. The second-order valence-corrected chi connectivity index (χ2v) is 3.84. The largest absolute Gasteiger partial charge is 0.371 e. The molecule has 2 atom stereocenters. The first-order chi connectivity index (χ1) is 6.09. The lowest BCUT2D eigenvalue weighted by molar-refractivity contribution is -0.135. The highest BCUT2D eigenvalue weighted by Crippen LogP contribution is 2.19. The van der Waals surface area contributed by atoms with Gasteiger partial charge in [0.05, 0.1) is 12.2 Å². The van der Waals surface area contributed by atoms with Crippen molar-refractivity contribution in [1.82, 2.24) is 0 Å². The van der Waals surface area contributed by atoms with Gasteiger partial charge in [0, 0.05) is 0 Å². The lowest BCUT2D eigenvalue weighted by Gasteiger charge is -2.11. The molecule has 76 valence electrons. The quantitative estimate of drug-likeness (QED) is 0.668. The van der Waals surface area contributed by atoms with E-state index >= 15 is 0 Å². The van der Waals surface area contributed by atoms with Crippen LogP contribution in [0.3, 0.4) is 0 Å². The minimum absolute atomic E-state index is 0.0815. The fourth-order valence-electron chi connectivity index (χ4n) is 1.38. The van der Waals surface area contributed by atoms with Gasteiger partial charge in [-0.25, -0.2) is 0 Å². The molecule has 3 heteroatoms. The number of hydrogen-bond acceptors (Lipinski definition) is 3. The van der Waals surface area contributed by atoms with Gasteiger partial charge in [0.25, 0.3) is 0 Å². The lowest BCUT2D eigenvalue weighted by atomic mass is 10.1. The van der Waals surface area contributed by atoms with E-state index in [2.05, 4.69) is 0 Å². The Hall–Kier alpha value is -0.410. The highest BCUT2D eigenvalue weighted by Gasteiger charge is 2.27. The summed E-state index contributed by atoms with van der Waals surface area (Å²) in [5.41, 5.74) is 0. The van der Waals surface area contributed by atoms with Gasteiger partial charge >= 0.3 is 0 Å². The molecule has 3 nitrogen and oxygen atoms in total. The summed E-state index contributed by atoms with van der Waals surface area (Å²) in [7, 11) is 0. The van der Waals surface area contributed by atoms with Crippen LogP contribution in [0.1, 0.15) is 33.6 Å². The van der Waals surface area contributed by atoms with E-state index in [0.29, 0.717) is 0 Å². The number of carbonyl (C=O) groups excluding carboxylic acids is 1. The van der Waals surface area contributed by atoms with Gasteiger partial charge in [-0.15, -0.1) is 0 Å². The van der Waals surface area contributed by atoms with Gasteiger partial charge in [0.2, 0.25) is 0 Å². The van der Waals surface area contributed by atoms with E-state index in [-0.39, 0.29) is 30.7 Å². The van der Waals surface area contributed by atoms with E-state index in [1.54, 1.807) is 0 Å². The molecular weight excluding hydrogens is 168 g/mol. The monoisotopic (exact) mass is 186 g/mol. The van der Waals surface area contributed by atoms with Gasteiger partial charge in [-0.2, -0.15) is 0 Å². The molecule has 0 aromatic carbocycles. The van der Waals surface area contributed by atoms with Crippen molar-refractivity contribution in [1.29, 1.82) is 0 Å². The minimum Gasteiger partial charge on any atom is -0.371 e. The zero-order valence-electron chi connectivity index (χ0n) is 8.58. The van der Waals surface area contributed by atoms with E-state index in [0.717, 1.165) is 12.8 Å². The van der Waals surface area contributed by atoms with E-state index < -0.39 is 0 Å². The van der Waals surface area contributed by atoms with Crippen LogP contribution in [0.2, 0.25) is 0 Å². The van der Waals surface area contributed by atoms with Crippen molar-refractivity contribution < 1.29 is 14.3 Å². The van der Waals surface area contributed by atoms with Gasteiger partial charge in [-0.3, -0.25) is 4.79 Å². The molecule has 0 aliphatic carbocycles. The number of ketones is 1. The van der Waals surface area contributed by atoms with Crippen LogP contribution < -0.4 is 0 Å². The molecule has 2 unspecified atom stereocenters. The Balaban J connectivity index is 2.24. The highest BCUT2D eigenvalue weighted by molar-refractivity contribution is 5.84.